The van der Waals surface area contributed by atoms with Crippen molar-refractivity contribution < 1.29 is 9.47 Å². The third-order valence-electron chi connectivity index (χ3n) is 7.45. The van der Waals surface area contributed by atoms with Crippen LogP contribution in [0.2, 0.25) is 0 Å². The van der Waals surface area contributed by atoms with Crippen LogP contribution in [0.25, 0.3) is 27.6 Å². The van der Waals surface area contributed by atoms with Gasteiger partial charge in [0.15, 0.2) is 11.4 Å². The molecule has 10 heteroatoms. The molecule has 0 atom stereocenters. The number of fused-ring (bicyclic) bond motifs is 1. The molecule has 198 valence electrons. The van der Waals surface area contributed by atoms with Crippen LogP contribution in [0.15, 0.2) is 24.8 Å². The molecule has 4 aromatic heterocycles. The molecule has 5 rings (SSSR count). The number of nitrogens with one attached hydrogen (secondary N) is 2. The minimum Gasteiger partial charge on any atom is -0.493 e. The molecule has 0 spiro atoms. The Hall–Kier alpha value is -2.82. The molecule has 1 saturated carbocycles. The second-order valence-corrected chi connectivity index (χ2v) is 11.9. The van der Waals surface area contributed by atoms with Crippen LogP contribution in [0.4, 0.5) is 0 Å². The Morgan fingerprint density at radius 2 is 1.97 bits per heavy atom. The number of hydrogen-bond donors (Lipinski definition) is 2. The van der Waals surface area contributed by atoms with E-state index in [0.29, 0.717) is 23.4 Å². The molecule has 1 aliphatic rings. The molecule has 0 radical (unpaired) electrons. The predicted molar refractivity (Wildman–Crippen MR) is 146 cm³/mol. The first-order chi connectivity index (χ1) is 17.8. The molecular weight excluding hydrogens is 486 g/mol. The van der Waals surface area contributed by atoms with Gasteiger partial charge in [-0.2, -0.15) is 10.2 Å². The topological polar surface area (TPSA) is 102 Å². The normalized spacial score (nSPS) is 18.7. The fraction of sp³-hybridized carbons (Fsp3) is 0.556. The molecule has 1 aliphatic carbocycles. The lowest BCUT2D eigenvalue weighted by atomic mass is 9.85. The summed E-state index contributed by atoms with van der Waals surface area (Å²) in [4.78, 5) is 10.5. The van der Waals surface area contributed by atoms with Gasteiger partial charge in [-0.15, -0.1) is 11.3 Å². The van der Waals surface area contributed by atoms with Crippen molar-refractivity contribution in [3.63, 3.8) is 0 Å². The van der Waals surface area contributed by atoms with Crippen LogP contribution in [0.3, 0.4) is 0 Å². The van der Waals surface area contributed by atoms with Gasteiger partial charge < -0.3 is 14.8 Å². The molecule has 0 bridgehead atoms. The number of aromatic amines is 1. The lowest BCUT2D eigenvalue weighted by Crippen LogP contribution is -2.43. The van der Waals surface area contributed by atoms with Crippen molar-refractivity contribution in [1.82, 2.24) is 35.1 Å². The lowest BCUT2D eigenvalue weighted by Gasteiger charge is -2.31. The van der Waals surface area contributed by atoms with Crippen LogP contribution in [0.5, 0.6) is 5.75 Å². The highest BCUT2D eigenvalue weighted by molar-refractivity contribution is 7.15. The fourth-order valence-corrected chi connectivity index (χ4v) is 6.20. The first-order valence-electron chi connectivity index (χ1n) is 13.0. The number of nitrogens with zero attached hydrogens (tertiary/aromatic N) is 5. The smallest absolute Gasteiger partial charge is 0.197 e. The number of rotatable bonds is 9. The molecule has 4 heterocycles. The van der Waals surface area contributed by atoms with E-state index in [1.807, 2.05) is 12.3 Å². The van der Waals surface area contributed by atoms with Crippen molar-refractivity contribution in [3.05, 3.63) is 35.2 Å². The van der Waals surface area contributed by atoms with Crippen molar-refractivity contribution in [2.75, 3.05) is 20.8 Å². The molecule has 0 unspecified atom stereocenters. The van der Waals surface area contributed by atoms with Crippen molar-refractivity contribution in [3.8, 4) is 27.7 Å². The molecule has 1 fully saturated rings. The Morgan fingerprint density at radius 3 is 2.68 bits per heavy atom. The maximum Gasteiger partial charge on any atom is 0.197 e. The van der Waals surface area contributed by atoms with Crippen molar-refractivity contribution in [2.45, 2.75) is 76.9 Å². The van der Waals surface area contributed by atoms with Crippen LogP contribution in [-0.2, 0) is 4.74 Å². The van der Waals surface area contributed by atoms with Gasteiger partial charge in [-0.3, -0.25) is 5.10 Å². The Morgan fingerprint density at radius 1 is 1.19 bits per heavy atom. The third-order valence-corrected chi connectivity index (χ3v) is 8.63. The van der Waals surface area contributed by atoms with Crippen molar-refractivity contribution in [2.24, 2.45) is 0 Å². The molecule has 0 saturated heterocycles. The summed E-state index contributed by atoms with van der Waals surface area (Å²) in [5.74, 6) is 1.48. The molecule has 2 N–H and O–H groups in total. The highest BCUT2D eigenvalue weighted by Crippen LogP contribution is 2.41. The Bertz CT molecular complexity index is 1350. The Balaban J connectivity index is 1.35. The molecule has 37 heavy (non-hydrogen) atoms. The average Bonchev–Trinajstić information content (AvgIpc) is 3.66. The summed E-state index contributed by atoms with van der Waals surface area (Å²) in [6, 6.07) is 2.53. The first-order valence-corrected chi connectivity index (χ1v) is 13.8. The van der Waals surface area contributed by atoms with Gasteiger partial charge in [-0.1, -0.05) is 13.8 Å². The van der Waals surface area contributed by atoms with E-state index in [9.17, 15) is 0 Å². The van der Waals surface area contributed by atoms with Gasteiger partial charge >= 0.3 is 0 Å². The van der Waals surface area contributed by atoms with E-state index in [2.05, 4.69) is 54.4 Å². The summed E-state index contributed by atoms with van der Waals surface area (Å²) in [6.45, 7) is 9.51. The van der Waals surface area contributed by atoms with Gasteiger partial charge in [0.25, 0.3) is 0 Å². The maximum absolute atomic E-state index is 5.57. The van der Waals surface area contributed by atoms with Gasteiger partial charge in [0, 0.05) is 48.1 Å². The van der Waals surface area contributed by atoms with Crippen LogP contribution in [-0.4, -0.2) is 62.2 Å². The monoisotopic (exact) mass is 523 g/mol. The maximum atomic E-state index is 5.57. The summed E-state index contributed by atoms with van der Waals surface area (Å²) in [5.41, 5.74) is 4.52. The summed E-state index contributed by atoms with van der Waals surface area (Å²) >= 11 is 1.79. The van der Waals surface area contributed by atoms with Crippen LogP contribution in [0, 0.1) is 0 Å². The summed E-state index contributed by atoms with van der Waals surface area (Å²) in [5, 5.41) is 17.0. The third kappa shape index (κ3) is 5.28. The van der Waals surface area contributed by atoms with E-state index in [0.717, 1.165) is 34.1 Å². The molecule has 0 aliphatic heterocycles. The molecule has 0 aromatic carbocycles. The van der Waals surface area contributed by atoms with Crippen LogP contribution >= 0.6 is 11.3 Å². The number of methoxy groups -OCH3 is 2. The minimum atomic E-state index is -0.132. The van der Waals surface area contributed by atoms with E-state index in [4.69, 9.17) is 19.6 Å². The van der Waals surface area contributed by atoms with E-state index < -0.39 is 0 Å². The summed E-state index contributed by atoms with van der Waals surface area (Å²) in [6.07, 6.45) is 10.3. The zero-order valence-corrected chi connectivity index (χ0v) is 23.4. The van der Waals surface area contributed by atoms with Gasteiger partial charge in [0.2, 0.25) is 0 Å². The zero-order chi connectivity index (χ0) is 26.2. The number of H-pyrrole nitrogens is 1. The van der Waals surface area contributed by atoms with E-state index in [1.165, 1.54) is 36.9 Å². The van der Waals surface area contributed by atoms with Gasteiger partial charge in [0.1, 0.15) is 11.3 Å². The second-order valence-electron chi connectivity index (χ2n) is 10.8. The second kappa shape index (κ2) is 10.5. The predicted octanol–water partition coefficient (Wildman–Crippen LogP) is 5.42. The lowest BCUT2D eigenvalue weighted by molar-refractivity contribution is 0.0199. The van der Waals surface area contributed by atoms with Gasteiger partial charge in [0.05, 0.1) is 24.1 Å². The summed E-state index contributed by atoms with van der Waals surface area (Å²) < 4.78 is 12.9. The van der Waals surface area contributed by atoms with Crippen molar-refractivity contribution in [1.29, 1.82) is 0 Å². The number of ether oxygens (including phenoxy) is 2. The highest BCUT2D eigenvalue weighted by Gasteiger charge is 2.27. The van der Waals surface area contributed by atoms with Crippen LogP contribution in [0.1, 0.15) is 75.7 Å². The number of pyridine rings is 1. The number of thiazole rings is 1. The number of aromatic nitrogens is 6. The quantitative estimate of drug-likeness (QED) is 0.302. The van der Waals surface area contributed by atoms with E-state index >= 15 is 0 Å². The molecule has 4 aromatic rings. The standard InChI is InChI=1S/C27H37N7O2S/c1-16(2)22-23(18-11-20(35-5)25-30-15-31-34(25)13-18)32-33-24(22)26-28-12-21(37-26)17-7-9-19(10-8-17)29-14-27(3,4)36-6/h11-13,15-17,19,29H,7-10,14H2,1-6H3,(H,32,33). The highest BCUT2D eigenvalue weighted by atomic mass is 32.1. The van der Waals surface area contributed by atoms with Crippen molar-refractivity contribution >= 4 is 17.0 Å². The summed E-state index contributed by atoms with van der Waals surface area (Å²) in [7, 11) is 3.42. The zero-order valence-electron chi connectivity index (χ0n) is 22.5. The average molecular weight is 524 g/mol. The molecular formula is C27H37N7O2S. The minimum absolute atomic E-state index is 0.132. The SMILES string of the molecule is COc1cc(-c2n[nH]c(-c3ncc(C4CCC(NCC(C)(C)OC)CC4)s3)c2C(C)C)cn2ncnc12. The molecule has 9 nitrogen and oxygen atoms in total. The first kappa shape index (κ1) is 25.8. The van der Waals surface area contributed by atoms with Gasteiger partial charge in [-0.05, 0) is 57.4 Å². The van der Waals surface area contributed by atoms with Gasteiger partial charge in [-0.25, -0.2) is 14.5 Å². The number of hydrogen-bond acceptors (Lipinski definition) is 8. The van der Waals surface area contributed by atoms with E-state index in [1.54, 1.807) is 30.1 Å². The Labute approximate surface area is 222 Å². The fourth-order valence-electron chi connectivity index (χ4n) is 5.11. The molecule has 0 amide bonds. The van der Waals surface area contributed by atoms with E-state index in [-0.39, 0.29) is 11.5 Å². The Kier molecular flexibility index (Phi) is 7.33. The van der Waals surface area contributed by atoms with Crippen LogP contribution < -0.4 is 10.1 Å². The largest absolute Gasteiger partial charge is 0.493 e.